The van der Waals surface area contributed by atoms with Gasteiger partial charge in [-0.15, -0.1) is 0 Å². The number of hydrogen-bond acceptors (Lipinski definition) is 4. The largest absolute Gasteiger partial charge is 0.389 e. The van der Waals surface area contributed by atoms with Crippen molar-refractivity contribution < 1.29 is 14.6 Å². The van der Waals surface area contributed by atoms with Gasteiger partial charge in [-0.3, -0.25) is 0 Å². The molecule has 0 aliphatic carbocycles. The lowest BCUT2D eigenvalue weighted by atomic mass is 9.86. The number of aliphatic hydroxyl groups excluding tert-OH is 1. The van der Waals surface area contributed by atoms with Crippen LogP contribution in [0, 0.1) is 0 Å². The summed E-state index contributed by atoms with van der Waals surface area (Å²) in [6.07, 6.45) is 3.71. The molecule has 0 aromatic carbocycles. The molecule has 0 saturated carbocycles. The van der Waals surface area contributed by atoms with E-state index in [0.717, 1.165) is 32.3 Å². The van der Waals surface area contributed by atoms with Gasteiger partial charge in [-0.05, 0) is 46.5 Å². The van der Waals surface area contributed by atoms with Crippen molar-refractivity contribution in [2.24, 2.45) is 0 Å². The average molecular weight is 287 g/mol. The molecule has 2 unspecified atom stereocenters. The smallest absolute Gasteiger partial charge is 0.0898 e. The Morgan fingerprint density at radius 3 is 2.55 bits per heavy atom. The van der Waals surface area contributed by atoms with Crippen molar-refractivity contribution in [2.45, 2.75) is 83.6 Å². The molecule has 0 bridgehead atoms. The maximum Gasteiger partial charge on any atom is 0.0898 e. The van der Waals surface area contributed by atoms with E-state index in [4.69, 9.17) is 9.47 Å². The van der Waals surface area contributed by atoms with Gasteiger partial charge in [-0.1, -0.05) is 13.8 Å². The van der Waals surface area contributed by atoms with Gasteiger partial charge in [-0.25, -0.2) is 0 Å². The van der Waals surface area contributed by atoms with Crippen LogP contribution >= 0.6 is 0 Å². The minimum absolute atomic E-state index is 0.0305. The fourth-order valence-corrected chi connectivity index (χ4v) is 2.65. The van der Waals surface area contributed by atoms with Gasteiger partial charge in [0.05, 0.1) is 23.9 Å². The van der Waals surface area contributed by atoms with Crippen LogP contribution in [0.4, 0.5) is 0 Å². The van der Waals surface area contributed by atoms with Crippen molar-refractivity contribution in [3.8, 4) is 0 Å². The molecule has 20 heavy (non-hydrogen) atoms. The summed E-state index contributed by atoms with van der Waals surface area (Å²) in [7, 11) is 0. The summed E-state index contributed by atoms with van der Waals surface area (Å²) >= 11 is 0. The molecule has 2 N–H and O–H groups in total. The van der Waals surface area contributed by atoms with Crippen LogP contribution in [-0.4, -0.2) is 48.2 Å². The second kappa shape index (κ2) is 7.74. The molecule has 1 aliphatic rings. The van der Waals surface area contributed by atoms with E-state index in [-0.39, 0.29) is 11.2 Å². The molecule has 0 amide bonds. The zero-order chi connectivity index (χ0) is 15.2. The molecule has 1 fully saturated rings. The molecular weight excluding hydrogens is 254 g/mol. The van der Waals surface area contributed by atoms with E-state index in [1.165, 1.54) is 0 Å². The summed E-state index contributed by atoms with van der Waals surface area (Å²) in [6.45, 7) is 12.2. The molecule has 120 valence electrons. The molecule has 4 heteroatoms. The Morgan fingerprint density at radius 2 is 2.00 bits per heavy atom. The summed E-state index contributed by atoms with van der Waals surface area (Å²) in [5.74, 6) is 0. The molecular formula is C16H33NO3. The Balaban J connectivity index is 2.30. The predicted molar refractivity (Wildman–Crippen MR) is 82.0 cm³/mol. The van der Waals surface area contributed by atoms with Crippen molar-refractivity contribution in [3.63, 3.8) is 0 Å². The maximum absolute atomic E-state index is 9.97. The van der Waals surface area contributed by atoms with Gasteiger partial charge in [0.2, 0.25) is 0 Å². The van der Waals surface area contributed by atoms with Crippen LogP contribution < -0.4 is 5.32 Å². The number of ether oxygens (including phenoxy) is 2. The van der Waals surface area contributed by atoms with Gasteiger partial charge in [-0.2, -0.15) is 0 Å². The first-order chi connectivity index (χ1) is 9.30. The Kier molecular flexibility index (Phi) is 6.92. The first kappa shape index (κ1) is 17.9. The van der Waals surface area contributed by atoms with E-state index in [1.807, 2.05) is 20.8 Å². The van der Waals surface area contributed by atoms with Crippen LogP contribution in [-0.2, 0) is 9.47 Å². The van der Waals surface area contributed by atoms with Crippen molar-refractivity contribution in [3.05, 3.63) is 0 Å². The highest BCUT2D eigenvalue weighted by Crippen LogP contribution is 2.31. The van der Waals surface area contributed by atoms with Gasteiger partial charge in [0, 0.05) is 19.2 Å². The molecule has 0 radical (unpaired) electrons. The van der Waals surface area contributed by atoms with Crippen molar-refractivity contribution in [2.75, 3.05) is 19.8 Å². The molecule has 0 spiro atoms. The maximum atomic E-state index is 9.97. The molecule has 0 aromatic rings. The zero-order valence-corrected chi connectivity index (χ0v) is 13.9. The first-order valence-electron chi connectivity index (χ1n) is 7.99. The second-order valence-electron chi connectivity index (χ2n) is 6.91. The second-order valence-corrected chi connectivity index (χ2v) is 6.91. The number of aliphatic hydroxyl groups is 1. The van der Waals surface area contributed by atoms with Crippen LogP contribution in [0.3, 0.4) is 0 Å². The zero-order valence-electron chi connectivity index (χ0n) is 13.9. The molecule has 1 rings (SSSR count). The normalized spacial score (nSPS) is 24.6. The van der Waals surface area contributed by atoms with Crippen LogP contribution in [0.2, 0.25) is 0 Å². The number of rotatable bonds is 7. The van der Waals surface area contributed by atoms with Crippen LogP contribution in [0.1, 0.15) is 60.3 Å². The van der Waals surface area contributed by atoms with E-state index >= 15 is 0 Å². The van der Waals surface area contributed by atoms with E-state index in [0.29, 0.717) is 19.2 Å². The fraction of sp³-hybridized carbons (Fsp3) is 1.00. The van der Waals surface area contributed by atoms with Gasteiger partial charge in [0.25, 0.3) is 0 Å². The van der Waals surface area contributed by atoms with Crippen molar-refractivity contribution in [1.82, 2.24) is 5.32 Å². The predicted octanol–water partition coefficient (Wildman–Crippen LogP) is 2.49. The first-order valence-corrected chi connectivity index (χ1v) is 7.99. The molecule has 1 aliphatic heterocycles. The topological polar surface area (TPSA) is 50.7 Å². The lowest BCUT2D eigenvalue weighted by molar-refractivity contribution is -0.0951. The van der Waals surface area contributed by atoms with Crippen molar-refractivity contribution in [1.29, 1.82) is 0 Å². The quantitative estimate of drug-likeness (QED) is 0.755. The average Bonchev–Trinajstić information content (AvgIpc) is 2.42. The Bertz CT molecular complexity index is 271. The molecule has 1 saturated heterocycles. The number of nitrogens with one attached hydrogen (secondary N) is 1. The van der Waals surface area contributed by atoms with Crippen molar-refractivity contribution >= 4 is 0 Å². The summed E-state index contributed by atoms with van der Waals surface area (Å²) < 4.78 is 11.6. The Hall–Kier alpha value is -0.160. The highest BCUT2D eigenvalue weighted by molar-refractivity contribution is 4.88. The third-order valence-corrected chi connectivity index (χ3v) is 4.13. The summed E-state index contributed by atoms with van der Waals surface area (Å²) in [6, 6.07) is 0.438. The molecule has 0 aromatic heterocycles. The summed E-state index contributed by atoms with van der Waals surface area (Å²) in [4.78, 5) is 0. The summed E-state index contributed by atoms with van der Waals surface area (Å²) in [5.41, 5.74) is -0.165. The Morgan fingerprint density at radius 1 is 1.35 bits per heavy atom. The highest BCUT2D eigenvalue weighted by Gasteiger charge is 2.34. The van der Waals surface area contributed by atoms with E-state index in [2.05, 4.69) is 19.2 Å². The SMILES string of the molecule is CCC1(CC)CC(NCC(O)COC(C)(C)C)CCO1. The fourth-order valence-electron chi connectivity index (χ4n) is 2.65. The Labute approximate surface area is 124 Å². The minimum Gasteiger partial charge on any atom is -0.389 e. The van der Waals surface area contributed by atoms with E-state index < -0.39 is 6.10 Å². The lowest BCUT2D eigenvalue weighted by Crippen LogP contribution is -2.48. The van der Waals surface area contributed by atoms with Crippen LogP contribution in [0.5, 0.6) is 0 Å². The minimum atomic E-state index is -0.449. The van der Waals surface area contributed by atoms with E-state index in [1.54, 1.807) is 0 Å². The van der Waals surface area contributed by atoms with Crippen LogP contribution in [0.15, 0.2) is 0 Å². The van der Waals surface area contributed by atoms with E-state index in [9.17, 15) is 5.11 Å². The standard InChI is InChI=1S/C16H33NO3/c1-6-16(7-2)10-13(8-9-19-16)17-11-14(18)12-20-15(3,4)5/h13-14,17-18H,6-12H2,1-5H3. The molecule has 2 atom stereocenters. The molecule has 1 heterocycles. The summed E-state index contributed by atoms with van der Waals surface area (Å²) in [5, 5.41) is 13.4. The molecule has 4 nitrogen and oxygen atoms in total. The third kappa shape index (κ3) is 6.08. The van der Waals surface area contributed by atoms with Gasteiger partial charge in [0.15, 0.2) is 0 Å². The van der Waals surface area contributed by atoms with Crippen LogP contribution in [0.25, 0.3) is 0 Å². The lowest BCUT2D eigenvalue weighted by Gasteiger charge is -2.40. The number of hydrogen-bond donors (Lipinski definition) is 2. The third-order valence-electron chi connectivity index (χ3n) is 4.13. The van der Waals surface area contributed by atoms with Gasteiger partial charge >= 0.3 is 0 Å². The van der Waals surface area contributed by atoms with Gasteiger partial charge < -0.3 is 19.9 Å². The van der Waals surface area contributed by atoms with Gasteiger partial charge in [0.1, 0.15) is 0 Å². The monoisotopic (exact) mass is 287 g/mol. The highest BCUT2D eigenvalue weighted by atomic mass is 16.5.